The molecule has 0 bridgehead atoms. The average molecular weight is 415 g/mol. The highest BCUT2D eigenvalue weighted by atomic mass is 28.3. The molecule has 0 fully saturated rings. The van der Waals surface area contributed by atoms with Gasteiger partial charge in [0.15, 0.2) is 5.82 Å². The Morgan fingerprint density at radius 3 is 1.97 bits per heavy atom. The van der Waals surface area contributed by atoms with Gasteiger partial charge in [0, 0.05) is 16.5 Å². The Morgan fingerprint density at radius 2 is 1.23 bits per heavy atom. The largest absolute Gasteiger partial charge is 0.228 e. The summed E-state index contributed by atoms with van der Waals surface area (Å²) in [6.45, 7) is 4.89. The number of aromatic nitrogens is 2. The van der Waals surface area contributed by atoms with Crippen molar-refractivity contribution in [2.45, 2.75) is 13.1 Å². The molecule has 1 aromatic heterocycles. The fourth-order valence-corrected chi connectivity index (χ4v) is 7.93. The van der Waals surface area contributed by atoms with Crippen LogP contribution in [0.1, 0.15) is 0 Å². The van der Waals surface area contributed by atoms with E-state index in [1.807, 2.05) is 24.3 Å². The van der Waals surface area contributed by atoms with Gasteiger partial charge in [0.1, 0.15) is 8.07 Å². The molecule has 0 unspecified atom stereocenters. The van der Waals surface area contributed by atoms with E-state index >= 15 is 0 Å². The van der Waals surface area contributed by atoms with Crippen LogP contribution < -0.4 is 10.4 Å². The highest BCUT2D eigenvalue weighted by Gasteiger charge is 2.37. The van der Waals surface area contributed by atoms with Gasteiger partial charge in [-0.15, -0.1) is 0 Å². The Bertz CT molecular complexity index is 1440. The van der Waals surface area contributed by atoms with E-state index in [1.54, 1.807) is 0 Å². The molecule has 1 aliphatic heterocycles. The summed E-state index contributed by atoms with van der Waals surface area (Å²) in [6.07, 6.45) is 0. The minimum absolute atomic E-state index is 0.780. The molecule has 0 radical (unpaired) electrons. The number of rotatable bonds is 2. The van der Waals surface area contributed by atoms with Crippen molar-refractivity contribution in [2.75, 3.05) is 0 Å². The van der Waals surface area contributed by atoms with E-state index in [1.165, 1.54) is 21.5 Å². The van der Waals surface area contributed by atoms with E-state index in [2.05, 4.69) is 85.9 Å². The number of hydrogen-bond donors (Lipinski definition) is 0. The van der Waals surface area contributed by atoms with Crippen LogP contribution in [0, 0.1) is 0 Å². The molecule has 0 aliphatic carbocycles. The van der Waals surface area contributed by atoms with Crippen molar-refractivity contribution in [1.29, 1.82) is 0 Å². The maximum atomic E-state index is 5.06. The number of benzene rings is 4. The van der Waals surface area contributed by atoms with Gasteiger partial charge >= 0.3 is 0 Å². The van der Waals surface area contributed by atoms with Crippen molar-refractivity contribution < 1.29 is 0 Å². The maximum absolute atomic E-state index is 5.06. The Labute approximate surface area is 183 Å². The van der Waals surface area contributed by atoms with Crippen LogP contribution in [-0.4, -0.2) is 18.0 Å². The minimum Gasteiger partial charge on any atom is -0.228 e. The molecule has 0 atom stereocenters. The standard InChI is InChI=1S/C28H22N2Si/c1-31(2)25-16-10-9-15-21(25)22-17-23-24(18-26(22)31)29-28(20-13-7-4-8-14-20)30-27(23)19-11-5-3-6-12-19/h3-18H,1-2H3. The number of nitrogens with zero attached hydrogens (tertiary/aromatic N) is 2. The third-order valence-corrected chi connectivity index (χ3v) is 10.0. The average Bonchev–Trinajstić information content (AvgIpc) is 3.05. The summed E-state index contributed by atoms with van der Waals surface area (Å²) in [4.78, 5) is 10.1. The van der Waals surface area contributed by atoms with Crippen molar-refractivity contribution in [3.05, 3.63) is 97.1 Å². The Morgan fingerprint density at radius 1 is 0.581 bits per heavy atom. The van der Waals surface area contributed by atoms with E-state index in [0.717, 1.165) is 33.5 Å². The van der Waals surface area contributed by atoms with Crippen LogP contribution >= 0.6 is 0 Å². The smallest absolute Gasteiger partial charge is 0.160 e. The van der Waals surface area contributed by atoms with E-state index in [9.17, 15) is 0 Å². The third-order valence-electron chi connectivity index (χ3n) is 6.48. The molecule has 5 aromatic rings. The summed E-state index contributed by atoms with van der Waals surface area (Å²) in [7, 11) is -1.75. The molecule has 0 spiro atoms. The van der Waals surface area contributed by atoms with Crippen LogP contribution in [0.2, 0.25) is 13.1 Å². The van der Waals surface area contributed by atoms with Crippen LogP contribution in [0.25, 0.3) is 44.7 Å². The van der Waals surface area contributed by atoms with Gasteiger partial charge in [0.2, 0.25) is 0 Å². The molecule has 4 aromatic carbocycles. The van der Waals surface area contributed by atoms with E-state index < -0.39 is 8.07 Å². The Balaban J connectivity index is 1.70. The molecule has 0 N–H and O–H groups in total. The monoisotopic (exact) mass is 414 g/mol. The lowest BCUT2D eigenvalue weighted by atomic mass is 10.00. The summed E-state index contributed by atoms with van der Waals surface area (Å²) >= 11 is 0. The van der Waals surface area contributed by atoms with Crippen molar-refractivity contribution in [1.82, 2.24) is 9.97 Å². The normalized spacial score (nSPS) is 13.7. The molecule has 31 heavy (non-hydrogen) atoms. The summed E-state index contributed by atoms with van der Waals surface area (Å²) in [5.41, 5.74) is 6.92. The van der Waals surface area contributed by atoms with Crippen LogP contribution in [-0.2, 0) is 0 Å². The van der Waals surface area contributed by atoms with Crippen LogP contribution in [0.4, 0.5) is 0 Å². The Hall–Kier alpha value is -3.56. The van der Waals surface area contributed by atoms with Gasteiger partial charge in [-0.3, -0.25) is 0 Å². The molecule has 6 rings (SSSR count). The maximum Gasteiger partial charge on any atom is 0.160 e. The fraction of sp³-hybridized carbons (Fsp3) is 0.0714. The molecule has 3 heteroatoms. The number of hydrogen-bond acceptors (Lipinski definition) is 2. The van der Waals surface area contributed by atoms with Gasteiger partial charge < -0.3 is 0 Å². The second kappa shape index (κ2) is 6.72. The predicted molar refractivity (Wildman–Crippen MR) is 133 cm³/mol. The van der Waals surface area contributed by atoms with E-state index in [4.69, 9.17) is 9.97 Å². The topological polar surface area (TPSA) is 25.8 Å². The van der Waals surface area contributed by atoms with Gasteiger partial charge in [0.25, 0.3) is 0 Å². The molecule has 0 saturated carbocycles. The quantitative estimate of drug-likeness (QED) is 0.343. The second-order valence-corrected chi connectivity index (χ2v) is 13.0. The number of fused-ring (bicyclic) bond motifs is 4. The van der Waals surface area contributed by atoms with Crippen LogP contribution in [0.15, 0.2) is 97.1 Å². The zero-order valence-electron chi connectivity index (χ0n) is 17.6. The fourth-order valence-electron chi connectivity index (χ4n) is 4.86. The van der Waals surface area contributed by atoms with Gasteiger partial charge in [0.05, 0.1) is 11.2 Å². The molecule has 1 aliphatic rings. The molecular weight excluding hydrogens is 392 g/mol. The van der Waals surface area contributed by atoms with Crippen molar-refractivity contribution in [2.24, 2.45) is 0 Å². The van der Waals surface area contributed by atoms with Crippen molar-refractivity contribution in [3.63, 3.8) is 0 Å². The Kier molecular flexibility index (Phi) is 3.95. The van der Waals surface area contributed by atoms with E-state index in [0.29, 0.717) is 0 Å². The molecule has 0 amide bonds. The summed E-state index contributed by atoms with van der Waals surface area (Å²) in [5, 5.41) is 4.10. The lowest BCUT2D eigenvalue weighted by Crippen LogP contribution is -2.49. The summed E-state index contributed by atoms with van der Waals surface area (Å²) in [6, 6.07) is 34.3. The first-order chi connectivity index (χ1) is 15.1. The van der Waals surface area contributed by atoms with Gasteiger partial charge in [-0.25, -0.2) is 9.97 Å². The predicted octanol–water partition coefficient (Wildman–Crippen LogP) is 5.77. The van der Waals surface area contributed by atoms with Crippen molar-refractivity contribution >= 4 is 29.4 Å². The van der Waals surface area contributed by atoms with Gasteiger partial charge in [-0.05, 0) is 33.6 Å². The molecular formula is C28H22N2Si. The minimum atomic E-state index is -1.75. The van der Waals surface area contributed by atoms with Crippen molar-refractivity contribution in [3.8, 4) is 33.8 Å². The molecule has 2 nitrogen and oxygen atoms in total. The van der Waals surface area contributed by atoms with Crippen LogP contribution in [0.3, 0.4) is 0 Å². The zero-order valence-corrected chi connectivity index (χ0v) is 18.6. The zero-order chi connectivity index (χ0) is 21.0. The lowest BCUT2D eigenvalue weighted by molar-refractivity contribution is 1.23. The first kappa shape index (κ1) is 18.2. The van der Waals surface area contributed by atoms with E-state index in [-0.39, 0.29) is 0 Å². The molecule has 2 heterocycles. The lowest BCUT2D eigenvalue weighted by Gasteiger charge is -2.19. The van der Waals surface area contributed by atoms with Gasteiger partial charge in [-0.2, -0.15) is 0 Å². The SMILES string of the molecule is C[Si]1(C)c2ccccc2-c2cc3c(-c4ccccc4)nc(-c4ccccc4)nc3cc21. The first-order valence-corrected chi connectivity index (χ1v) is 13.7. The summed E-state index contributed by atoms with van der Waals surface area (Å²) < 4.78 is 0. The highest BCUT2D eigenvalue weighted by molar-refractivity contribution is 7.03. The highest BCUT2D eigenvalue weighted by Crippen LogP contribution is 2.35. The summed E-state index contributed by atoms with van der Waals surface area (Å²) in [5.74, 6) is 0.780. The second-order valence-electron chi connectivity index (χ2n) is 8.71. The third kappa shape index (κ3) is 2.77. The molecule has 148 valence electrons. The van der Waals surface area contributed by atoms with Gasteiger partial charge in [-0.1, -0.05) is 98.0 Å². The molecule has 0 saturated heterocycles. The van der Waals surface area contributed by atoms with Crippen LogP contribution in [0.5, 0.6) is 0 Å². The first-order valence-electron chi connectivity index (χ1n) is 10.7.